The summed E-state index contributed by atoms with van der Waals surface area (Å²) in [5.41, 5.74) is 5.66. The average Bonchev–Trinajstić information content (AvgIpc) is 2.42. The Bertz CT molecular complexity index is 486. The lowest BCUT2D eigenvalue weighted by Crippen LogP contribution is -2.50. The Morgan fingerprint density at radius 3 is 2.25 bits per heavy atom. The summed E-state index contributed by atoms with van der Waals surface area (Å²) in [7, 11) is 0. The van der Waals surface area contributed by atoms with Crippen LogP contribution in [0.5, 0.6) is 0 Å². The molecule has 1 aromatic carbocycles. The lowest BCUT2D eigenvalue weighted by Gasteiger charge is -2.18. The van der Waals surface area contributed by atoms with E-state index in [2.05, 4.69) is 10.6 Å². The third kappa shape index (κ3) is 4.72. The van der Waals surface area contributed by atoms with E-state index < -0.39 is 17.9 Å². The molecule has 6 nitrogen and oxygen atoms in total. The van der Waals surface area contributed by atoms with Crippen molar-refractivity contribution in [2.24, 2.45) is 11.7 Å². The summed E-state index contributed by atoms with van der Waals surface area (Å²) in [4.78, 5) is 34.5. The van der Waals surface area contributed by atoms with E-state index >= 15 is 0 Å². The maximum atomic E-state index is 11.7. The number of nitrogens with two attached hydrogens (primary N) is 1. The van der Waals surface area contributed by atoms with Gasteiger partial charge in [-0.05, 0) is 18.1 Å². The molecule has 0 spiro atoms. The van der Waals surface area contributed by atoms with E-state index in [9.17, 15) is 14.4 Å². The van der Waals surface area contributed by atoms with E-state index in [0.29, 0.717) is 5.56 Å². The van der Waals surface area contributed by atoms with Crippen LogP contribution in [0.15, 0.2) is 30.3 Å². The van der Waals surface area contributed by atoms with Crippen LogP contribution in [0.4, 0.5) is 0 Å². The molecular weight excluding hydrogens is 258 g/mol. The Balaban J connectivity index is 2.47. The van der Waals surface area contributed by atoms with Gasteiger partial charge in [-0.2, -0.15) is 0 Å². The summed E-state index contributed by atoms with van der Waals surface area (Å²) in [5.74, 6) is -1.50. The molecule has 0 bridgehead atoms. The maximum absolute atomic E-state index is 11.7. The second-order valence-corrected chi connectivity index (χ2v) is 4.74. The van der Waals surface area contributed by atoms with Gasteiger partial charge >= 0.3 is 0 Å². The van der Waals surface area contributed by atoms with Crippen LogP contribution < -0.4 is 16.4 Å². The summed E-state index contributed by atoms with van der Waals surface area (Å²) in [6.07, 6.45) is 0. The summed E-state index contributed by atoms with van der Waals surface area (Å²) in [6, 6.07) is 7.81. The predicted octanol–water partition coefficient (Wildman–Crippen LogP) is 0.0425. The molecule has 0 radical (unpaired) electrons. The summed E-state index contributed by atoms with van der Waals surface area (Å²) in [6.45, 7) is 3.35. The molecular formula is C14H19N3O3. The van der Waals surface area contributed by atoms with Crippen LogP contribution >= 0.6 is 0 Å². The Morgan fingerprint density at radius 1 is 1.15 bits per heavy atom. The molecule has 0 aliphatic rings. The Morgan fingerprint density at radius 2 is 1.75 bits per heavy atom. The second-order valence-electron chi connectivity index (χ2n) is 4.74. The fourth-order valence-electron chi connectivity index (χ4n) is 1.64. The zero-order chi connectivity index (χ0) is 15.1. The fourth-order valence-corrected chi connectivity index (χ4v) is 1.64. The van der Waals surface area contributed by atoms with Crippen LogP contribution in [0, 0.1) is 5.92 Å². The van der Waals surface area contributed by atoms with Crippen LogP contribution in [0.3, 0.4) is 0 Å². The van der Waals surface area contributed by atoms with E-state index in [1.54, 1.807) is 44.2 Å². The molecule has 1 aromatic rings. The van der Waals surface area contributed by atoms with Gasteiger partial charge in [0.1, 0.15) is 6.04 Å². The first-order valence-corrected chi connectivity index (χ1v) is 6.33. The molecule has 0 aromatic heterocycles. The molecule has 3 amide bonds. The van der Waals surface area contributed by atoms with Crippen molar-refractivity contribution < 1.29 is 14.4 Å². The van der Waals surface area contributed by atoms with Crippen molar-refractivity contribution in [3.8, 4) is 0 Å². The molecule has 0 saturated carbocycles. The lowest BCUT2D eigenvalue weighted by atomic mass is 10.0. The average molecular weight is 277 g/mol. The number of primary amides is 1. The standard InChI is InChI=1S/C14H19N3O3/c1-9(2)12(13(15)19)17-11(18)8-16-14(20)10-6-4-3-5-7-10/h3-7,9,12H,8H2,1-2H3,(H2,15,19)(H,16,20)(H,17,18)/t12-/m0/s1. The first kappa shape index (κ1) is 15.7. The zero-order valence-electron chi connectivity index (χ0n) is 11.6. The topological polar surface area (TPSA) is 101 Å². The van der Waals surface area contributed by atoms with Crippen molar-refractivity contribution in [1.29, 1.82) is 0 Å². The number of amides is 3. The molecule has 108 valence electrons. The number of hydrogen-bond donors (Lipinski definition) is 3. The van der Waals surface area contributed by atoms with Crippen molar-refractivity contribution in [1.82, 2.24) is 10.6 Å². The highest BCUT2D eigenvalue weighted by Gasteiger charge is 2.21. The van der Waals surface area contributed by atoms with Gasteiger partial charge in [-0.15, -0.1) is 0 Å². The molecule has 1 atom stereocenters. The van der Waals surface area contributed by atoms with Gasteiger partial charge in [-0.1, -0.05) is 32.0 Å². The first-order valence-electron chi connectivity index (χ1n) is 6.33. The van der Waals surface area contributed by atoms with E-state index in [1.807, 2.05) is 0 Å². The highest BCUT2D eigenvalue weighted by atomic mass is 16.2. The van der Waals surface area contributed by atoms with E-state index in [-0.39, 0.29) is 18.4 Å². The Kier molecular flexibility index (Phi) is 5.71. The molecule has 0 heterocycles. The van der Waals surface area contributed by atoms with Gasteiger partial charge in [-0.25, -0.2) is 0 Å². The number of nitrogens with one attached hydrogen (secondary N) is 2. The van der Waals surface area contributed by atoms with Gasteiger partial charge in [0.25, 0.3) is 5.91 Å². The molecule has 20 heavy (non-hydrogen) atoms. The monoisotopic (exact) mass is 277 g/mol. The summed E-state index contributed by atoms with van der Waals surface area (Å²) < 4.78 is 0. The quantitative estimate of drug-likeness (QED) is 0.684. The molecule has 4 N–H and O–H groups in total. The van der Waals surface area contributed by atoms with Crippen molar-refractivity contribution >= 4 is 17.7 Å². The van der Waals surface area contributed by atoms with Crippen molar-refractivity contribution in [2.45, 2.75) is 19.9 Å². The van der Waals surface area contributed by atoms with Gasteiger partial charge in [-0.3, -0.25) is 14.4 Å². The minimum atomic E-state index is -0.740. The number of benzene rings is 1. The van der Waals surface area contributed by atoms with Crippen LogP contribution in [0.2, 0.25) is 0 Å². The summed E-state index contributed by atoms with van der Waals surface area (Å²) in [5, 5.41) is 4.97. The number of carbonyl (C=O) groups excluding carboxylic acids is 3. The molecule has 0 aliphatic heterocycles. The van der Waals surface area contributed by atoms with E-state index in [0.717, 1.165) is 0 Å². The molecule has 0 saturated heterocycles. The van der Waals surface area contributed by atoms with Crippen LogP contribution in [0.1, 0.15) is 24.2 Å². The maximum Gasteiger partial charge on any atom is 0.251 e. The molecule has 1 rings (SSSR count). The molecule has 0 aliphatic carbocycles. The third-order valence-corrected chi connectivity index (χ3v) is 2.74. The Hall–Kier alpha value is -2.37. The van der Waals surface area contributed by atoms with Crippen LogP contribution in [-0.2, 0) is 9.59 Å². The zero-order valence-corrected chi connectivity index (χ0v) is 11.6. The van der Waals surface area contributed by atoms with Crippen molar-refractivity contribution in [3.05, 3.63) is 35.9 Å². The van der Waals surface area contributed by atoms with Gasteiger partial charge in [0.2, 0.25) is 11.8 Å². The predicted molar refractivity (Wildman–Crippen MR) is 74.7 cm³/mol. The minimum absolute atomic E-state index is 0.110. The highest BCUT2D eigenvalue weighted by molar-refractivity contribution is 5.97. The lowest BCUT2D eigenvalue weighted by molar-refractivity contribution is -0.127. The van der Waals surface area contributed by atoms with Crippen molar-refractivity contribution in [2.75, 3.05) is 6.54 Å². The van der Waals surface area contributed by atoms with Gasteiger partial charge in [0.05, 0.1) is 6.54 Å². The third-order valence-electron chi connectivity index (χ3n) is 2.74. The molecule has 0 fully saturated rings. The largest absolute Gasteiger partial charge is 0.368 e. The fraction of sp³-hybridized carbons (Fsp3) is 0.357. The molecule has 0 unspecified atom stereocenters. The SMILES string of the molecule is CC(C)[C@H](NC(=O)CNC(=O)c1ccccc1)C(N)=O. The van der Waals surface area contributed by atoms with Crippen LogP contribution in [-0.4, -0.2) is 30.3 Å². The van der Waals surface area contributed by atoms with E-state index in [4.69, 9.17) is 5.73 Å². The van der Waals surface area contributed by atoms with Gasteiger partial charge in [0, 0.05) is 5.56 Å². The second kappa shape index (κ2) is 7.28. The number of rotatable bonds is 6. The number of carbonyl (C=O) groups is 3. The van der Waals surface area contributed by atoms with Crippen molar-refractivity contribution in [3.63, 3.8) is 0 Å². The Labute approximate surface area is 117 Å². The normalized spacial score (nSPS) is 11.8. The highest BCUT2D eigenvalue weighted by Crippen LogP contribution is 2.00. The minimum Gasteiger partial charge on any atom is -0.368 e. The smallest absolute Gasteiger partial charge is 0.251 e. The van der Waals surface area contributed by atoms with E-state index in [1.165, 1.54) is 0 Å². The van der Waals surface area contributed by atoms with Crippen LogP contribution in [0.25, 0.3) is 0 Å². The van der Waals surface area contributed by atoms with Gasteiger partial charge < -0.3 is 16.4 Å². The summed E-state index contributed by atoms with van der Waals surface area (Å²) >= 11 is 0. The first-order chi connectivity index (χ1) is 9.41. The number of hydrogen-bond acceptors (Lipinski definition) is 3. The molecule has 6 heteroatoms. The van der Waals surface area contributed by atoms with Gasteiger partial charge in [0.15, 0.2) is 0 Å².